The molecule has 1 amide bonds. The van der Waals surface area contributed by atoms with Crippen LogP contribution in [0.15, 0.2) is 22.8 Å². The molecule has 1 aromatic heterocycles. The van der Waals surface area contributed by atoms with Gasteiger partial charge >= 0.3 is 6.18 Å². The molecule has 0 N–H and O–H groups in total. The molecule has 100 valence electrons. The van der Waals surface area contributed by atoms with E-state index in [1.54, 1.807) is 6.92 Å². The highest BCUT2D eigenvalue weighted by Crippen LogP contribution is 2.36. The van der Waals surface area contributed by atoms with Gasteiger partial charge in [-0.3, -0.25) is 4.79 Å². The molecule has 0 saturated heterocycles. The molecule has 1 atom stereocenters. The summed E-state index contributed by atoms with van der Waals surface area (Å²) in [7, 11) is 0. The van der Waals surface area contributed by atoms with Gasteiger partial charge in [0, 0.05) is 6.04 Å². The largest absolute Gasteiger partial charge is 0.459 e. The second-order valence-corrected chi connectivity index (χ2v) is 4.60. The highest BCUT2D eigenvalue weighted by atomic mass is 19.4. The molecule has 0 aromatic carbocycles. The second kappa shape index (κ2) is 4.66. The van der Waals surface area contributed by atoms with E-state index in [2.05, 4.69) is 0 Å². The standard InChI is InChI=1S/C12H14F3NO2/c1-8(9-4-5-9)16(7-12(13,14)15)11(17)10-3-2-6-18-10/h2-3,6,8-9H,4-5,7H2,1H3/t8-/m0/s1. The number of hydrogen-bond donors (Lipinski definition) is 0. The van der Waals surface area contributed by atoms with Crippen LogP contribution < -0.4 is 0 Å². The van der Waals surface area contributed by atoms with Crippen molar-refractivity contribution in [2.24, 2.45) is 5.92 Å². The molecule has 1 aliphatic rings. The summed E-state index contributed by atoms with van der Waals surface area (Å²) in [6, 6.07) is 2.45. The SMILES string of the molecule is C[C@@H](C1CC1)N(CC(F)(F)F)C(=O)c1ccco1. The lowest BCUT2D eigenvalue weighted by molar-refractivity contribution is -0.145. The van der Waals surface area contributed by atoms with Crippen molar-refractivity contribution in [3.63, 3.8) is 0 Å². The van der Waals surface area contributed by atoms with E-state index in [-0.39, 0.29) is 11.7 Å². The summed E-state index contributed by atoms with van der Waals surface area (Å²) in [4.78, 5) is 12.8. The van der Waals surface area contributed by atoms with Gasteiger partial charge < -0.3 is 9.32 Å². The summed E-state index contributed by atoms with van der Waals surface area (Å²) in [6.45, 7) is 0.425. The summed E-state index contributed by atoms with van der Waals surface area (Å²) in [5.74, 6) is -0.574. The van der Waals surface area contributed by atoms with Crippen LogP contribution in [0.5, 0.6) is 0 Å². The fraction of sp³-hybridized carbons (Fsp3) is 0.583. The van der Waals surface area contributed by atoms with E-state index in [0.717, 1.165) is 17.7 Å². The lowest BCUT2D eigenvalue weighted by Crippen LogP contribution is -2.45. The first kappa shape index (κ1) is 13.0. The van der Waals surface area contributed by atoms with Crippen molar-refractivity contribution in [1.29, 1.82) is 0 Å². The maximum atomic E-state index is 12.5. The molecule has 6 heteroatoms. The molecular weight excluding hydrogens is 247 g/mol. The first-order chi connectivity index (χ1) is 8.38. The van der Waals surface area contributed by atoms with Gasteiger partial charge in [0.2, 0.25) is 0 Å². The smallest absolute Gasteiger partial charge is 0.406 e. The van der Waals surface area contributed by atoms with Crippen LogP contribution in [-0.2, 0) is 0 Å². The Morgan fingerprint density at radius 2 is 2.22 bits per heavy atom. The average Bonchev–Trinajstić information content (AvgIpc) is 2.98. The lowest BCUT2D eigenvalue weighted by Gasteiger charge is -2.29. The Balaban J connectivity index is 2.15. The van der Waals surface area contributed by atoms with Crippen molar-refractivity contribution in [1.82, 2.24) is 4.90 Å². The van der Waals surface area contributed by atoms with Gasteiger partial charge in [0.15, 0.2) is 5.76 Å². The van der Waals surface area contributed by atoms with Crippen LogP contribution in [0.1, 0.15) is 30.3 Å². The third-order valence-electron chi connectivity index (χ3n) is 3.14. The fourth-order valence-corrected chi connectivity index (χ4v) is 1.97. The van der Waals surface area contributed by atoms with Crippen molar-refractivity contribution in [2.45, 2.75) is 32.0 Å². The van der Waals surface area contributed by atoms with Gasteiger partial charge in [-0.05, 0) is 37.8 Å². The molecular formula is C12H14F3NO2. The minimum absolute atomic E-state index is 0.0493. The summed E-state index contributed by atoms with van der Waals surface area (Å²) in [5.41, 5.74) is 0. The third-order valence-corrected chi connectivity index (χ3v) is 3.14. The molecule has 0 aliphatic heterocycles. The van der Waals surface area contributed by atoms with Gasteiger partial charge in [-0.25, -0.2) is 0 Å². The predicted octanol–water partition coefficient (Wildman–Crippen LogP) is 3.08. The van der Waals surface area contributed by atoms with E-state index < -0.39 is 24.7 Å². The van der Waals surface area contributed by atoms with E-state index in [9.17, 15) is 18.0 Å². The van der Waals surface area contributed by atoms with Crippen molar-refractivity contribution in [2.75, 3.05) is 6.54 Å². The maximum absolute atomic E-state index is 12.5. The van der Waals surface area contributed by atoms with Crippen LogP contribution in [-0.4, -0.2) is 29.6 Å². The van der Waals surface area contributed by atoms with E-state index in [0.29, 0.717) is 0 Å². The van der Waals surface area contributed by atoms with Crippen molar-refractivity contribution < 1.29 is 22.4 Å². The predicted molar refractivity (Wildman–Crippen MR) is 58.0 cm³/mol. The number of rotatable bonds is 4. The van der Waals surface area contributed by atoms with Crippen LogP contribution in [0.3, 0.4) is 0 Å². The van der Waals surface area contributed by atoms with Crippen molar-refractivity contribution in [3.8, 4) is 0 Å². The molecule has 0 bridgehead atoms. The Bertz CT molecular complexity index is 409. The molecule has 1 aromatic rings. The molecule has 0 spiro atoms. The van der Waals surface area contributed by atoms with Gasteiger partial charge in [-0.15, -0.1) is 0 Å². The molecule has 1 aliphatic carbocycles. The highest BCUT2D eigenvalue weighted by molar-refractivity contribution is 5.91. The molecule has 0 radical (unpaired) electrons. The number of carbonyl (C=O) groups excluding carboxylic acids is 1. The Hall–Kier alpha value is -1.46. The Morgan fingerprint density at radius 3 is 2.67 bits per heavy atom. The first-order valence-electron chi connectivity index (χ1n) is 5.80. The van der Waals surface area contributed by atoms with Crippen LogP contribution >= 0.6 is 0 Å². The Morgan fingerprint density at radius 1 is 1.56 bits per heavy atom. The highest BCUT2D eigenvalue weighted by Gasteiger charge is 2.41. The first-order valence-corrected chi connectivity index (χ1v) is 5.80. The molecule has 0 unspecified atom stereocenters. The number of amides is 1. The zero-order chi connectivity index (χ0) is 13.3. The van der Waals surface area contributed by atoms with Gasteiger partial charge in [0.05, 0.1) is 6.26 Å². The average molecular weight is 261 g/mol. The minimum atomic E-state index is -4.40. The molecule has 3 nitrogen and oxygen atoms in total. The summed E-state index contributed by atoms with van der Waals surface area (Å²) >= 11 is 0. The van der Waals surface area contributed by atoms with E-state index >= 15 is 0 Å². The normalized spacial score (nSPS) is 17.6. The molecule has 1 fully saturated rings. The topological polar surface area (TPSA) is 33.5 Å². The molecule has 18 heavy (non-hydrogen) atoms. The summed E-state index contributed by atoms with van der Waals surface area (Å²) < 4.78 is 42.5. The van der Waals surface area contributed by atoms with Crippen LogP contribution in [0.4, 0.5) is 13.2 Å². The molecule has 1 heterocycles. The zero-order valence-electron chi connectivity index (χ0n) is 9.91. The fourth-order valence-electron chi connectivity index (χ4n) is 1.97. The van der Waals surface area contributed by atoms with Crippen molar-refractivity contribution in [3.05, 3.63) is 24.2 Å². The number of hydrogen-bond acceptors (Lipinski definition) is 2. The Kier molecular flexibility index (Phi) is 3.36. The van der Waals surface area contributed by atoms with Gasteiger partial charge in [0.1, 0.15) is 6.54 Å². The lowest BCUT2D eigenvalue weighted by atomic mass is 10.1. The summed E-state index contributed by atoms with van der Waals surface area (Å²) in [5, 5.41) is 0. The molecule has 2 rings (SSSR count). The number of carbonyl (C=O) groups is 1. The zero-order valence-corrected chi connectivity index (χ0v) is 9.91. The van der Waals surface area contributed by atoms with Crippen LogP contribution in [0, 0.1) is 5.92 Å². The van der Waals surface area contributed by atoms with Crippen molar-refractivity contribution >= 4 is 5.91 Å². The number of furan rings is 1. The number of halogens is 3. The van der Waals surface area contributed by atoms with Crippen LogP contribution in [0.2, 0.25) is 0 Å². The van der Waals surface area contributed by atoms with Gasteiger partial charge in [0.25, 0.3) is 5.91 Å². The second-order valence-electron chi connectivity index (χ2n) is 4.60. The quantitative estimate of drug-likeness (QED) is 0.834. The molecule has 1 saturated carbocycles. The third kappa shape index (κ3) is 3.05. The summed E-state index contributed by atoms with van der Waals surface area (Å²) in [6.07, 6.45) is -1.37. The minimum Gasteiger partial charge on any atom is -0.459 e. The monoisotopic (exact) mass is 261 g/mol. The van der Waals surface area contributed by atoms with Crippen LogP contribution in [0.25, 0.3) is 0 Å². The number of alkyl halides is 3. The van der Waals surface area contributed by atoms with Gasteiger partial charge in [-0.2, -0.15) is 13.2 Å². The number of nitrogens with zero attached hydrogens (tertiary/aromatic N) is 1. The maximum Gasteiger partial charge on any atom is 0.406 e. The van der Waals surface area contributed by atoms with E-state index in [4.69, 9.17) is 4.42 Å². The van der Waals surface area contributed by atoms with E-state index in [1.807, 2.05) is 0 Å². The Labute approximate surface area is 103 Å². The van der Waals surface area contributed by atoms with E-state index in [1.165, 1.54) is 18.4 Å². The van der Waals surface area contributed by atoms with Gasteiger partial charge in [-0.1, -0.05) is 0 Å².